The number of hydrazone groups is 1. The predicted octanol–water partition coefficient (Wildman–Crippen LogP) is 5.26. The fraction of sp³-hybridized carbons (Fsp3) is 0.0909. The third kappa shape index (κ3) is 4.50. The number of aryl methyl sites for hydroxylation is 1. The Balaban J connectivity index is 1.42. The lowest BCUT2D eigenvalue weighted by Crippen LogP contribution is -2.18. The highest BCUT2D eigenvalue weighted by atomic mass is 35.5. The van der Waals surface area contributed by atoms with Crippen LogP contribution in [0.5, 0.6) is 0 Å². The van der Waals surface area contributed by atoms with Gasteiger partial charge in [0, 0.05) is 21.8 Å². The molecule has 0 aliphatic carbocycles. The third-order valence-electron chi connectivity index (χ3n) is 4.49. The van der Waals surface area contributed by atoms with Crippen molar-refractivity contribution in [2.75, 3.05) is 5.32 Å². The maximum absolute atomic E-state index is 12.5. The van der Waals surface area contributed by atoms with E-state index in [2.05, 4.69) is 21.0 Å². The first kappa shape index (κ1) is 20.8. The van der Waals surface area contributed by atoms with Crippen molar-refractivity contribution >= 4 is 56.2 Å². The molecule has 2 aromatic carbocycles. The monoisotopic (exact) mass is 452 g/mol. The Hall–Kier alpha value is -3.49. The molecule has 2 amide bonds. The van der Waals surface area contributed by atoms with Gasteiger partial charge in [0.15, 0.2) is 5.69 Å². The first-order chi connectivity index (χ1) is 14.9. The molecule has 0 bridgehead atoms. The molecule has 156 valence electrons. The summed E-state index contributed by atoms with van der Waals surface area (Å²) >= 11 is 7.67. The fourth-order valence-electron chi connectivity index (χ4n) is 2.87. The summed E-state index contributed by atoms with van der Waals surface area (Å²) in [6, 6.07) is 16.2. The highest BCUT2D eigenvalue weighted by Gasteiger charge is 2.16. The van der Waals surface area contributed by atoms with Crippen molar-refractivity contribution < 1.29 is 14.1 Å². The topological polar surface area (TPSA) is 96.6 Å². The molecule has 0 saturated heterocycles. The Kier molecular flexibility index (Phi) is 5.83. The van der Waals surface area contributed by atoms with E-state index in [1.54, 1.807) is 44.2 Å². The Labute approximate surface area is 186 Å². The van der Waals surface area contributed by atoms with Gasteiger partial charge in [-0.15, -0.1) is 11.3 Å². The summed E-state index contributed by atoms with van der Waals surface area (Å²) in [4.78, 5) is 25.1. The van der Waals surface area contributed by atoms with Crippen LogP contribution in [0.1, 0.15) is 38.4 Å². The molecular formula is C22H17ClN4O3S. The minimum absolute atomic E-state index is 0.210. The van der Waals surface area contributed by atoms with Gasteiger partial charge in [-0.25, -0.2) is 5.43 Å². The van der Waals surface area contributed by atoms with Crippen molar-refractivity contribution in [3.05, 3.63) is 81.5 Å². The number of halogens is 1. The number of aromatic nitrogens is 1. The molecule has 31 heavy (non-hydrogen) atoms. The number of carbonyl (C=O) groups is 2. The molecule has 0 radical (unpaired) electrons. The molecule has 0 unspecified atom stereocenters. The first-order valence-corrected chi connectivity index (χ1v) is 10.5. The van der Waals surface area contributed by atoms with Crippen molar-refractivity contribution in [2.24, 2.45) is 5.10 Å². The van der Waals surface area contributed by atoms with Crippen molar-refractivity contribution in [2.45, 2.75) is 13.8 Å². The quantitative estimate of drug-likeness (QED) is 0.319. The zero-order valence-corrected chi connectivity index (χ0v) is 18.2. The van der Waals surface area contributed by atoms with Crippen LogP contribution in [-0.2, 0) is 0 Å². The van der Waals surface area contributed by atoms with E-state index in [0.717, 1.165) is 15.6 Å². The maximum Gasteiger partial charge on any atom is 0.283 e. The van der Waals surface area contributed by atoms with E-state index >= 15 is 0 Å². The van der Waals surface area contributed by atoms with Gasteiger partial charge in [0.05, 0.1) is 10.7 Å². The van der Waals surface area contributed by atoms with Crippen molar-refractivity contribution in [1.29, 1.82) is 0 Å². The summed E-state index contributed by atoms with van der Waals surface area (Å²) < 4.78 is 5.85. The van der Waals surface area contributed by atoms with Crippen LogP contribution >= 0.6 is 22.9 Å². The molecule has 9 heteroatoms. The highest BCUT2D eigenvalue weighted by Crippen LogP contribution is 2.34. The van der Waals surface area contributed by atoms with Crippen molar-refractivity contribution in [3.8, 4) is 0 Å². The van der Waals surface area contributed by atoms with E-state index in [4.69, 9.17) is 16.1 Å². The minimum atomic E-state index is -0.364. The van der Waals surface area contributed by atoms with Gasteiger partial charge < -0.3 is 9.84 Å². The average molecular weight is 453 g/mol. The molecule has 7 nitrogen and oxygen atoms in total. The summed E-state index contributed by atoms with van der Waals surface area (Å²) in [7, 11) is 0. The standard InChI is InChI=1S/C22H17ClN4O3S/c1-12-11-17(27-30-12)21(28)24-15-9-7-14(8-10-15)13(2)25-26-22(29)20-19(23)16-5-3-4-6-18(16)31-20/h3-11H,1-2H3,(H,24,28)(H,26,29)/b25-13+. The van der Waals surface area contributed by atoms with Gasteiger partial charge in [-0.2, -0.15) is 5.10 Å². The van der Waals surface area contributed by atoms with Crippen LogP contribution < -0.4 is 10.7 Å². The molecule has 0 atom stereocenters. The van der Waals surface area contributed by atoms with Crippen LogP contribution in [0.25, 0.3) is 10.1 Å². The number of fused-ring (bicyclic) bond motifs is 1. The van der Waals surface area contributed by atoms with Crippen molar-refractivity contribution in [3.63, 3.8) is 0 Å². The molecular weight excluding hydrogens is 436 g/mol. The largest absolute Gasteiger partial charge is 0.361 e. The molecule has 2 aromatic heterocycles. The maximum atomic E-state index is 12.5. The second-order valence-corrected chi connectivity index (χ2v) is 8.16. The van der Waals surface area contributed by atoms with Gasteiger partial charge in [0.25, 0.3) is 11.8 Å². The number of nitrogens with zero attached hydrogens (tertiary/aromatic N) is 2. The van der Waals surface area contributed by atoms with Crippen LogP contribution in [-0.4, -0.2) is 22.7 Å². The number of nitrogens with one attached hydrogen (secondary N) is 2. The van der Waals surface area contributed by atoms with Crippen LogP contribution in [0.4, 0.5) is 5.69 Å². The van der Waals surface area contributed by atoms with E-state index in [-0.39, 0.29) is 17.5 Å². The first-order valence-electron chi connectivity index (χ1n) is 9.29. The number of thiophene rings is 1. The summed E-state index contributed by atoms with van der Waals surface area (Å²) in [6.45, 7) is 3.49. The molecule has 0 spiro atoms. The number of carbonyl (C=O) groups excluding carboxylic acids is 2. The van der Waals surface area contributed by atoms with Gasteiger partial charge >= 0.3 is 0 Å². The number of rotatable bonds is 5. The van der Waals surface area contributed by atoms with E-state index in [0.29, 0.717) is 27.1 Å². The number of hydrogen-bond acceptors (Lipinski definition) is 6. The van der Waals surface area contributed by atoms with Gasteiger partial charge in [-0.1, -0.05) is 47.1 Å². The van der Waals surface area contributed by atoms with E-state index in [9.17, 15) is 9.59 Å². The molecule has 0 aliphatic heterocycles. The van der Waals surface area contributed by atoms with E-state index in [1.807, 2.05) is 24.3 Å². The molecule has 0 fully saturated rings. The van der Waals surface area contributed by atoms with Gasteiger partial charge in [0.2, 0.25) is 0 Å². The fourth-order valence-corrected chi connectivity index (χ4v) is 4.28. The van der Waals surface area contributed by atoms with Crippen molar-refractivity contribution in [1.82, 2.24) is 10.6 Å². The lowest BCUT2D eigenvalue weighted by atomic mass is 10.1. The molecule has 4 rings (SSSR count). The van der Waals surface area contributed by atoms with Crippen LogP contribution in [0.3, 0.4) is 0 Å². The zero-order chi connectivity index (χ0) is 22.0. The molecule has 0 saturated carbocycles. The second-order valence-electron chi connectivity index (χ2n) is 6.73. The van der Waals surface area contributed by atoms with Crippen LogP contribution in [0, 0.1) is 6.92 Å². The number of benzene rings is 2. The van der Waals surface area contributed by atoms with E-state index < -0.39 is 0 Å². The van der Waals surface area contributed by atoms with Gasteiger partial charge in [-0.05, 0) is 37.6 Å². The molecule has 2 heterocycles. The summed E-state index contributed by atoms with van der Waals surface area (Å²) in [5, 5.41) is 11.9. The average Bonchev–Trinajstić information content (AvgIpc) is 3.36. The second kappa shape index (κ2) is 8.71. The predicted molar refractivity (Wildman–Crippen MR) is 122 cm³/mol. The lowest BCUT2D eigenvalue weighted by Gasteiger charge is -2.05. The van der Waals surface area contributed by atoms with Crippen LogP contribution in [0.2, 0.25) is 5.02 Å². The Morgan fingerprint density at radius 1 is 1.10 bits per heavy atom. The van der Waals surface area contributed by atoms with Crippen LogP contribution in [0.15, 0.2) is 64.2 Å². The Morgan fingerprint density at radius 3 is 2.52 bits per heavy atom. The Morgan fingerprint density at radius 2 is 1.84 bits per heavy atom. The SMILES string of the molecule is C/C(=N\NC(=O)c1sc2ccccc2c1Cl)c1ccc(NC(=O)c2cc(C)on2)cc1. The third-order valence-corrected chi connectivity index (χ3v) is 6.16. The summed E-state index contributed by atoms with van der Waals surface area (Å²) in [6.07, 6.45) is 0. The van der Waals surface area contributed by atoms with Gasteiger partial charge in [0.1, 0.15) is 10.6 Å². The normalized spacial score (nSPS) is 11.5. The number of amides is 2. The zero-order valence-electron chi connectivity index (χ0n) is 16.6. The smallest absolute Gasteiger partial charge is 0.283 e. The molecule has 0 aliphatic rings. The summed E-state index contributed by atoms with van der Waals surface area (Å²) in [5.74, 6) is -0.161. The molecule has 2 N–H and O–H groups in total. The minimum Gasteiger partial charge on any atom is -0.361 e. The number of hydrogen-bond donors (Lipinski definition) is 2. The Bertz CT molecular complexity index is 1310. The number of anilines is 1. The van der Waals surface area contributed by atoms with E-state index in [1.165, 1.54) is 11.3 Å². The highest BCUT2D eigenvalue weighted by molar-refractivity contribution is 7.21. The lowest BCUT2D eigenvalue weighted by molar-refractivity contribution is 0.0958. The molecule has 4 aromatic rings. The summed E-state index contributed by atoms with van der Waals surface area (Å²) in [5.41, 5.74) is 4.76. The van der Waals surface area contributed by atoms with Gasteiger partial charge in [-0.3, -0.25) is 9.59 Å².